The van der Waals surface area contributed by atoms with Gasteiger partial charge in [-0.05, 0) is 19.3 Å². The summed E-state index contributed by atoms with van der Waals surface area (Å²) < 4.78 is 0. The molecule has 0 heterocycles. The van der Waals surface area contributed by atoms with Gasteiger partial charge in [-0.15, -0.1) is 0 Å². The van der Waals surface area contributed by atoms with Crippen molar-refractivity contribution in [1.29, 1.82) is 5.41 Å². The van der Waals surface area contributed by atoms with E-state index >= 15 is 0 Å². The van der Waals surface area contributed by atoms with Gasteiger partial charge in [-0.1, -0.05) is 26.7 Å². The van der Waals surface area contributed by atoms with Crippen molar-refractivity contribution in [2.24, 2.45) is 5.92 Å². The van der Waals surface area contributed by atoms with Gasteiger partial charge in [-0.2, -0.15) is 0 Å². The lowest BCUT2D eigenvalue weighted by atomic mass is 10.0. The predicted octanol–water partition coefficient (Wildman–Crippen LogP) is 2.85. The fourth-order valence-electron chi connectivity index (χ4n) is 1.12. The Morgan fingerprint density at radius 2 is 2.11 bits per heavy atom. The zero-order chi connectivity index (χ0) is 7.28. The Kier molecular flexibility index (Phi) is 4.37. The first-order valence-corrected chi connectivity index (χ1v) is 3.70. The van der Waals surface area contributed by atoms with Crippen LogP contribution in [0, 0.1) is 11.3 Å². The highest BCUT2D eigenvalue weighted by Crippen LogP contribution is 2.09. The van der Waals surface area contributed by atoms with E-state index < -0.39 is 0 Å². The lowest BCUT2D eigenvalue weighted by Crippen LogP contribution is -1.99. The molecule has 0 radical (unpaired) electrons. The first-order chi connectivity index (χ1) is 4.16. The highest BCUT2D eigenvalue weighted by molar-refractivity contribution is 5.78. The van der Waals surface area contributed by atoms with Gasteiger partial charge in [0.1, 0.15) is 0 Å². The van der Waals surface area contributed by atoms with Crippen molar-refractivity contribution in [3.63, 3.8) is 0 Å². The molecule has 1 N–H and O–H groups in total. The molecule has 0 saturated carbocycles. The molecule has 9 heavy (non-hydrogen) atoms. The minimum atomic E-state index is 0.715. The van der Waals surface area contributed by atoms with Gasteiger partial charge >= 0.3 is 0 Å². The van der Waals surface area contributed by atoms with Crippen LogP contribution in [0.1, 0.15) is 40.0 Å². The molecule has 1 atom stereocenters. The molecule has 0 rings (SSSR count). The van der Waals surface area contributed by atoms with Crippen LogP contribution in [-0.4, -0.2) is 5.71 Å². The molecule has 0 fully saturated rings. The number of nitrogens with one attached hydrogen (secondary N) is 1. The first kappa shape index (κ1) is 8.67. The summed E-state index contributed by atoms with van der Waals surface area (Å²) in [4.78, 5) is 0. The molecular formula is C8H17N. The lowest BCUT2D eigenvalue weighted by Gasteiger charge is -2.06. The van der Waals surface area contributed by atoms with Crippen molar-refractivity contribution in [3.05, 3.63) is 0 Å². The average Bonchev–Trinajstić information content (AvgIpc) is 1.63. The van der Waals surface area contributed by atoms with E-state index in [1.807, 2.05) is 6.92 Å². The quantitative estimate of drug-likeness (QED) is 0.561. The summed E-state index contributed by atoms with van der Waals surface area (Å²) in [5.41, 5.74) is 0.816. The van der Waals surface area contributed by atoms with Crippen LogP contribution < -0.4 is 0 Å². The second-order valence-corrected chi connectivity index (χ2v) is 2.88. The Morgan fingerprint density at radius 1 is 1.56 bits per heavy atom. The molecule has 1 nitrogen and oxygen atoms in total. The van der Waals surface area contributed by atoms with E-state index in [-0.39, 0.29) is 0 Å². The highest BCUT2D eigenvalue weighted by Gasteiger charge is 1.99. The molecule has 0 aliphatic heterocycles. The molecule has 0 bridgehead atoms. The van der Waals surface area contributed by atoms with Crippen LogP contribution in [0.15, 0.2) is 0 Å². The van der Waals surface area contributed by atoms with Crippen LogP contribution in [0.3, 0.4) is 0 Å². The molecule has 0 spiro atoms. The van der Waals surface area contributed by atoms with Gasteiger partial charge in [0.25, 0.3) is 0 Å². The summed E-state index contributed by atoms with van der Waals surface area (Å²) in [5.74, 6) is 0.715. The van der Waals surface area contributed by atoms with Crippen molar-refractivity contribution >= 4 is 5.71 Å². The van der Waals surface area contributed by atoms with E-state index in [1.165, 1.54) is 12.8 Å². The van der Waals surface area contributed by atoms with Crippen LogP contribution in [0.5, 0.6) is 0 Å². The summed E-state index contributed by atoms with van der Waals surface area (Å²) in [7, 11) is 0. The first-order valence-electron chi connectivity index (χ1n) is 3.70. The Morgan fingerprint density at radius 3 is 2.44 bits per heavy atom. The van der Waals surface area contributed by atoms with Gasteiger partial charge in [0.15, 0.2) is 0 Å². The topological polar surface area (TPSA) is 23.9 Å². The molecule has 0 aromatic heterocycles. The third-order valence-electron chi connectivity index (χ3n) is 1.44. The molecule has 54 valence electrons. The standard InChI is InChI=1S/C8H17N/c1-4-5-7(2)6-8(3)9/h7,9H,4-6H2,1-3H3. The van der Waals surface area contributed by atoms with Crippen LogP contribution in [0.25, 0.3) is 0 Å². The maximum Gasteiger partial charge on any atom is 0.00608 e. The fraction of sp³-hybridized carbons (Fsp3) is 0.875. The zero-order valence-corrected chi connectivity index (χ0v) is 6.70. The Balaban J connectivity index is 3.26. The maximum atomic E-state index is 7.20. The Labute approximate surface area is 58.0 Å². The van der Waals surface area contributed by atoms with Crippen LogP contribution >= 0.6 is 0 Å². The number of hydrogen-bond acceptors (Lipinski definition) is 1. The highest BCUT2D eigenvalue weighted by atomic mass is 14.4. The van der Waals surface area contributed by atoms with Crippen molar-refractivity contribution in [1.82, 2.24) is 0 Å². The van der Waals surface area contributed by atoms with E-state index in [4.69, 9.17) is 5.41 Å². The van der Waals surface area contributed by atoms with Gasteiger partial charge in [-0.25, -0.2) is 0 Å². The second kappa shape index (κ2) is 4.54. The summed E-state index contributed by atoms with van der Waals surface area (Å²) in [6.07, 6.45) is 3.48. The van der Waals surface area contributed by atoms with Gasteiger partial charge < -0.3 is 5.41 Å². The molecule has 0 aliphatic carbocycles. The fourth-order valence-corrected chi connectivity index (χ4v) is 1.12. The van der Waals surface area contributed by atoms with E-state index in [0.29, 0.717) is 5.92 Å². The maximum absolute atomic E-state index is 7.20. The number of hydrogen-bond donors (Lipinski definition) is 1. The minimum Gasteiger partial charge on any atom is -0.310 e. The van der Waals surface area contributed by atoms with E-state index in [0.717, 1.165) is 12.1 Å². The molecular weight excluding hydrogens is 110 g/mol. The minimum absolute atomic E-state index is 0.715. The van der Waals surface area contributed by atoms with Crippen LogP contribution in [-0.2, 0) is 0 Å². The monoisotopic (exact) mass is 127 g/mol. The summed E-state index contributed by atoms with van der Waals surface area (Å²) >= 11 is 0. The SMILES string of the molecule is CCCC(C)CC(C)=N. The van der Waals surface area contributed by atoms with E-state index in [1.54, 1.807) is 0 Å². The summed E-state index contributed by atoms with van der Waals surface area (Å²) in [5, 5.41) is 7.20. The van der Waals surface area contributed by atoms with Crippen molar-refractivity contribution in [3.8, 4) is 0 Å². The summed E-state index contributed by atoms with van der Waals surface area (Å²) in [6, 6.07) is 0. The smallest absolute Gasteiger partial charge is 0.00608 e. The molecule has 0 amide bonds. The zero-order valence-electron chi connectivity index (χ0n) is 6.70. The Hall–Kier alpha value is -0.330. The number of rotatable bonds is 4. The normalized spacial score (nSPS) is 13.2. The molecule has 1 heteroatoms. The van der Waals surface area contributed by atoms with Gasteiger partial charge in [-0.3, -0.25) is 0 Å². The van der Waals surface area contributed by atoms with Gasteiger partial charge in [0, 0.05) is 5.71 Å². The van der Waals surface area contributed by atoms with Crippen molar-refractivity contribution in [2.75, 3.05) is 0 Å². The van der Waals surface area contributed by atoms with Gasteiger partial charge in [0.2, 0.25) is 0 Å². The predicted molar refractivity (Wildman–Crippen MR) is 42.1 cm³/mol. The molecule has 0 saturated heterocycles. The molecule has 0 aliphatic rings. The third kappa shape index (κ3) is 5.54. The van der Waals surface area contributed by atoms with E-state index in [9.17, 15) is 0 Å². The molecule has 1 unspecified atom stereocenters. The van der Waals surface area contributed by atoms with Crippen molar-refractivity contribution in [2.45, 2.75) is 40.0 Å². The summed E-state index contributed by atoms with van der Waals surface area (Å²) in [6.45, 7) is 6.28. The lowest BCUT2D eigenvalue weighted by molar-refractivity contribution is 0.543. The van der Waals surface area contributed by atoms with Crippen molar-refractivity contribution < 1.29 is 0 Å². The van der Waals surface area contributed by atoms with Gasteiger partial charge in [0.05, 0.1) is 0 Å². The largest absolute Gasteiger partial charge is 0.310 e. The van der Waals surface area contributed by atoms with Crippen LogP contribution in [0.4, 0.5) is 0 Å². The molecule has 0 aromatic carbocycles. The second-order valence-electron chi connectivity index (χ2n) is 2.88. The Bertz CT molecular complexity index is 86.6. The third-order valence-corrected chi connectivity index (χ3v) is 1.44. The molecule has 0 aromatic rings. The van der Waals surface area contributed by atoms with Crippen LogP contribution in [0.2, 0.25) is 0 Å². The average molecular weight is 127 g/mol. The van der Waals surface area contributed by atoms with E-state index in [2.05, 4.69) is 13.8 Å².